The third kappa shape index (κ3) is 2.79. The molecule has 2 rings (SSSR count). The van der Waals surface area contributed by atoms with Crippen LogP contribution >= 0.6 is 0 Å². The molecular formula is C14H10FNO2. The molecule has 0 unspecified atom stereocenters. The van der Waals surface area contributed by atoms with Gasteiger partial charge < -0.3 is 10.1 Å². The standard InChI is InChI=1S/C14H10FNO2/c15-11-4-2-6-13(8-11)18-12-5-1-3-10(7-12)14(17)9-16/h1-9,16H. The van der Waals surface area contributed by atoms with Crippen molar-refractivity contribution in [3.8, 4) is 11.5 Å². The summed E-state index contributed by atoms with van der Waals surface area (Å²) in [6, 6.07) is 12.1. The molecule has 0 spiro atoms. The van der Waals surface area contributed by atoms with Gasteiger partial charge in [-0.3, -0.25) is 4.79 Å². The van der Waals surface area contributed by atoms with E-state index < -0.39 is 5.78 Å². The summed E-state index contributed by atoms with van der Waals surface area (Å²) >= 11 is 0. The predicted molar refractivity (Wildman–Crippen MR) is 66.0 cm³/mol. The Hall–Kier alpha value is -2.49. The van der Waals surface area contributed by atoms with Gasteiger partial charge in [0.1, 0.15) is 17.3 Å². The van der Waals surface area contributed by atoms with Crippen LogP contribution in [0.1, 0.15) is 10.4 Å². The van der Waals surface area contributed by atoms with Crippen LogP contribution in [0.4, 0.5) is 4.39 Å². The minimum absolute atomic E-state index is 0.356. The highest BCUT2D eigenvalue weighted by molar-refractivity contribution is 6.34. The minimum Gasteiger partial charge on any atom is -0.457 e. The van der Waals surface area contributed by atoms with Crippen LogP contribution in [0.3, 0.4) is 0 Å². The molecule has 0 aliphatic carbocycles. The third-order valence-corrected chi connectivity index (χ3v) is 2.28. The van der Waals surface area contributed by atoms with Gasteiger partial charge in [-0.25, -0.2) is 4.39 Å². The SMILES string of the molecule is N=CC(=O)c1cccc(Oc2cccc(F)c2)c1. The third-order valence-electron chi connectivity index (χ3n) is 2.28. The lowest BCUT2D eigenvalue weighted by Crippen LogP contribution is -1.99. The van der Waals surface area contributed by atoms with Gasteiger partial charge in [-0.15, -0.1) is 0 Å². The molecule has 1 N–H and O–H groups in total. The maximum atomic E-state index is 13.0. The number of Topliss-reactive ketones (excluding diaryl/α,β-unsaturated/α-hetero) is 1. The van der Waals surface area contributed by atoms with Gasteiger partial charge in [0.2, 0.25) is 5.78 Å². The maximum Gasteiger partial charge on any atom is 0.203 e. The molecule has 0 saturated heterocycles. The van der Waals surface area contributed by atoms with Crippen LogP contribution in [0.5, 0.6) is 11.5 Å². The number of ether oxygens (including phenoxy) is 1. The van der Waals surface area contributed by atoms with E-state index in [-0.39, 0.29) is 5.82 Å². The fourth-order valence-electron chi connectivity index (χ4n) is 1.46. The predicted octanol–water partition coefficient (Wildman–Crippen LogP) is 3.45. The molecule has 0 fully saturated rings. The quantitative estimate of drug-likeness (QED) is 0.660. The van der Waals surface area contributed by atoms with Crippen LogP contribution in [-0.4, -0.2) is 12.0 Å². The number of ketones is 1. The first-order chi connectivity index (χ1) is 8.69. The lowest BCUT2D eigenvalue weighted by Gasteiger charge is -2.06. The van der Waals surface area contributed by atoms with Crippen molar-refractivity contribution in [3.05, 3.63) is 59.9 Å². The Balaban J connectivity index is 2.24. The fraction of sp³-hybridized carbons (Fsp3) is 0. The molecule has 0 aliphatic rings. The number of hydrogen-bond acceptors (Lipinski definition) is 3. The van der Waals surface area contributed by atoms with E-state index in [2.05, 4.69) is 0 Å². The Morgan fingerprint density at radius 3 is 2.44 bits per heavy atom. The minimum atomic E-state index is -0.403. The number of halogens is 1. The lowest BCUT2D eigenvalue weighted by molar-refractivity contribution is 0.107. The number of rotatable bonds is 4. The van der Waals surface area contributed by atoms with Crippen LogP contribution < -0.4 is 4.74 Å². The van der Waals surface area contributed by atoms with Gasteiger partial charge in [-0.2, -0.15) is 0 Å². The number of hydrogen-bond donors (Lipinski definition) is 1. The second-order valence-corrected chi connectivity index (χ2v) is 3.60. The molecule has 0 atom stereocenters. The second-order valence-electron chi connectivity index (χ2n) is 3.60. The van der Waals surface area contributed by atoms with Crippen LogP contribution in [0, 0.1) is 11.2 Å². The normalized spacial score (nSPS) is 9.83. The zero-order valence-corrected chi connectivity index (χ0v) is 9.39. The van der Waals surface area contributed by atoms with E-state index in [1.54, 1.807) is 24.3 Å². The fourth-order valence-corrected chi connectivity index (χ4v) is 1.46. The van der Waals surface area contributed by atoms with E-state index in [0.29, 0.717) is 17.1 Å². The van der Waals surface area contributed by atoms with E-state index in [4.69, 9.17) is 10.1 Å². The van der Waals surface area contributed by atoms with Crippen molar-refractivity contribution >= 4 is 12.0 Å². The molecule has 90 valence electrons. The highest BCUT2D eigenvalue weighted by atomic mass is 19.1. The van der Waals surface area contributed by atoms with Crippen molar-refractivity contribution in [1.82, 2.24) is 0 Å². The molecule has 0 aromatic heterocycles. The summed E-state index contributed by atoms with van der Waals surface area (Å²) in [7, 11) is 0. The van der Waals surface area contributed by atoms with Crippen molar-refractivity contribution in [1.29, 1.82) is 5.41 Å². The topological polar surface area (TPSA) is 50.2 Å². The van der Waals surface area contributed by atoms with Crippen molar-refractivity contribution in [2.45, 2.75) is 0 Å². The van der Waals surface area contributed by atoms with Gasteiger partial charge in [0, 0.05) is 11.6 Å². The molecule has 0 radical (unpaired) electrons. The number of carbonyl (C=O) groups is 1. The summed E-state index contributed by atoms with van der Waals surface area (Å²) in [4.78, 5) is 11.3. The first-order valence-corrected chi connectivity index (χ1v) is 5.27. The summed E-state index contributed by atoms with van der Waals surface area (Å²) in [6.07, 6.45) is 0.737. The van der Waals surface area contributed by atoms with Crippen LogP contribution in [-0.2, 0) is 0 Å². The summed E-state index contributed by atoms with van der Waals surface area (Å²) in [5.41, 5.74) is 0.360. The Labute approximate surface area is 103 Å². The van der Waals surface area contributed by atoms with Gasteiger partial charge in [-0.1, -0.05) is 18.2 Å². The van der Waals surface area contributed by atoms with E-state index in [9.17, 15) is 9.18 Å². The molecule has 2 aromatic carbocycles. The highest BCUT2D eigenvalue weighted by Gasteiger charge is 2.04. The average molecular weight is 243 g/mol. The number of nitrogens with one attached hydrogen (secondary N) is 1. The Kier molecular flexibility index (Phi) is 3.48. The first-order valence-electron chi connectivity index (χ1n) is 5.27. The van der Waals surface area contributed by atoms with E-state index in [1.165, 1.54) is 24.3 Å². The molecule has 4 heteroatoms. The van der Waals surface area contributed by atoms with Gasteiger partial charge in [0.15, 0.2) is 0 Å². The molecule has 0 aliphatic heterocycles. The second kappa shape index (κ2) is 5.23. The summed E-state index contributed by atoms with van der Waals surface area (Å²) in [5, 5.41) is 6.90. The summed E-state index contributed by atoms with van der Waals surface area (Å²) in [5.74, 6) is -0.0123. The van der Waals surface area contributed by atoms with Crippen molar-refractivity contribution < 1.29 is 13.9 Å². The Morgan fingerprint density at radius 1 is 1.11 bits per heavy atom. The van der Waals surface area contributed by atoms with Crippen LogP contribution in [0.2, 0.25) is 0 Å². The zero-order valence-electron chi connectivity index (χ0n) is 9.39. The van der Waals surface area contributed by atoms with E-state index >= 15 is 0 Å². The van der Waals surface area contributed by atoms with Gasteiger partial charge in [0.05, 0.1) is 6.21 Å². The molecule has 0 saturated carbocycles. The molecule has 0 amide bonds. The van der Waals surface area contributed by atoms with E-state index in [1.807, 2.05) is 0 Å². The largest absolute Gasteiger partial charge is 0.457 e. The van der Waals surface area contributed by atoms with E-state index in [0.717, 1.165) is 6.21 Å². The molecule has 2 aromatic rings. The Bertz CT molecular complexity index is 596. The van der Waals surface area contributed by atoms with Gasteiger partial charge in [0.25, 0.3) is 0 Å². The molecule has 0 bridgehead atoms. The first kappa shape index (κ1) is 12.0. The van der Waals surface area contributed by atoms with Crippen molar-refractivity contribution in [2.75, 3.05) is 0 Å². The lowest BCUT2D eigenvalue weighted by atomic mass is 10.1. The smallest absolute Gasteiger partial charge is 0.203 e. The maximum absolute atomic E-state index is 13.0. The molecular weight excluding hydrogens is 233 g/mol. The zero-order chi connectivity index (χ0) is 13.0. The molecule has 0 heterocycles. The van der Waals surface area contributed by atoms with Crippen LogP contribution in [0.25, 0.3) is 0 Å². The molecule has 3 nitrogen and oxygen atoms in total. The van der Waals surface area contributed by atoms with Crippen molar-refractivity contribution in [2.24, 2.45) is 0 Å². The monoisotopic (exact) mass is 243 g/mol. The number of benzene rings is 2. The van der Waals surface area contributed by atoms with Crippen molar-refractivity contribution in [3.63, 3.8) is 0 Å². The summed E-state index contributed by atoms with van der Waals surface area (Å²) < 4.78 is 18.4. The average Bonchev–Trinajstić information content (AvgIpc) is 2.38. The van der Waals surface area contributed by atoms with Gasteiger partial charge in [-0.05, 0) is 24.3 Å². The number of carbonyl (C=O) groups excluding carboxylic acids is 1. The Morgan fingerprint density at radius 2 is 1.78 bits per heavy atom. The highest BCUT2D eigenvalue weighted by Crippen LogP contribution is 2.22. The summed E-state index contributed by atoms with van der Waals surface area (Å²) in [6.45, 7) is 0. The van der Waals surface area contributed by atoms with Gasteiger partial charge >= 0.3 is 0 Å². The van der Waals surface area contributed by atoms with Crippen LogP contribution in [0.15, 0.2) is 48.5 Å². The molecule has 18 heavy (non-hydrogen) atoms.